The molecule has 1 atom stereocenters. The molecule has 2 nitrogen and oxygen atoms in total. The van der Waals surface area contributed by atoms with Gasteiger partial charge in [-0.3, -0.25) is 0 Å². The third-order valence-electron chi connectivity index (χ3n) is 4.54. The first kappa shape index (κ1) is 13.4. The predicted octanol–water partition coefficient (Wildman–Crippen LogP) is 3.93. The van der Waals surface area contributed by atoms with Crippen molar-refractivity contribution >= 4 is 0 Å². The average molecular weight is 247 g/mol. The molecule has 2 rings (SSSR count). The van der Waals surface area contributed by atoms with Gasteiger partial charge in [0.2, 0.25) is 0 Å². The van der Waals surface area contributed by atoms with Gasteiger partial charge in [-0.25, -0.2) is 0 Å². The van der Waals surface area contributed by atoms with Crippen molar-refractivity contribution in [1.29, 1.82) is 0 Å². The maximum Gasteiger partial charge on any atom is 0.119 e. The highest BCUT2D eigenvalue weighted by molar-refractivity contribution is 5.30. The first-order valence-electron chi connectivity index (χ1n) is 7.06. The van der Waals surface area contributed by atoms with Gasteiger partial charge in [-0.05, 0) is 49.3 Å². The second-order valence-electron chi connectivity index (χ2n) is 5.59. The van der Waals surface area contributed by atoms with E-state index in [1.807, 2.05) is 6.07 Å². The molecule has 1 fully saturated rings. The second-order valence-corrected chi connectivity index (χ2v) is 5.59. The minimum Gasteiger partial charge on any atom is -0.497 e. The molecule has 0 saturated heterocycles. The van der Waals surface area contributed by atoms with Crippen LogP contribution in [0.2, 0.25) is 0 Å². The third-order valence-corrected chi connectivity index (χ3v) is 4.54. The molecular weight excluding hydrogens is 222 g/mol. The van der Waals surface area contributed by atoms with Gasteiger partial charge in [-0.1, -0.05) is 25.5 Å². The SMILES string of the molecule is CCC1(CNC(C)c2cccc(OC)c2)CCC1. The van der Waals surface area contributed by atoms with Gasteiger partial charge in [0.15, 0.2) is 0 Å². The fourth-order valence-corrected chi connectivity index (χ4v) is 2.73. The van der Waals surface area contributed by atoms with Gasteiger partial charge >= 0.3 is 0 Å². The molecule has 0 heterocycles. The minimum absolute atomic E-state index is 0.393. The molecular formula is C16H25NO. The third kappa shape index (κ3) is 2.86. The number of benzene rings is 1. The van der Waals surface area contributed by atoms with Crippen molar-refractivity contribution in [2.75, 3.05) is 13.7 Å². The first-order chi connectivity index (χ1) is 8.69. The van der Waals surface area contributed by atoms with Crippen LogP contribution >= 0.6 is 0 Å². The highest BCUT2D eigenvalue weighted by atomic mass is 16.5. The average Bonchev–Trinajstić information content (AvgIpc) is 2.38. The van der Waals surface area contributed by atoms with Gasteiger partial charge in [0.1, 0.15) is 5.75 Å². The molecule has 0 amide bonds. The molecule has 2 heteroatoms. The lowest BCUT2D eigenvalue weighted by molar-refractivity contribution is 0.120. The molecule has 0 bridgehead atoms. The van der Waals surface area contributed by atoms with Crippen molar-refractivity contribution in [3.8, 4) is 5.75 Å². The van der Waals surface area contributed by atoms with Crippen molar-refractivity contribution in [2.24, 2.45) is 5.41 Å². The summed E-state index contributed by atoms with van der Waals surface area (Å²) < 4.78 is 5.28. The molecule has 0 radical (unpaired) electrons. The maximum atomic E-state index is 5.28. The molecule has 0 spiro atoms. The number of rotatable bonds is 6. The molecule has 1 aliphatic carbocycles. The molecule has 0 aliphatic heterocycles. The highest BCUT2D eigenvalue weighted by Crippen LogP contribution is 2.43. The van der Waals surface area contributed by atoms with Crippen LogP contribution in [0.25, 0.3) is 0 Å². The molecule has 1 aromatic carbocycles. The molecule has 1 N–H and O–H groups in total. The summed E-state index contributed by atoms with van der Waals surface area (Å²) in [4.78, 5) is 0. The Morgan fingerprint density at radius 3 is 2.72 bits per heavy atom. The standard InChI is InChI=1S/C16H25NO/c1-4-16(9-6-10-16)12-17-13(2)14-7-5-8-15(11-14)18-3/h5,7-8,11,13,17H,4,6,9-10,12H2,1-3H3. The molecule has 1 aliphatic rings. The summed E-state index contributed by atoms with van der Waals surface area (Å²) in [7, 11) is 1.72. The Kier molecular flexibility index (Phi) is 4.28. The van der Waals surface area contributed by atoms with E-state index in [0.29, 0.717) is 11.5 Å². The van der Waals surface area contributed by atoms with E-state index in [-0.39, 0.29) is 0 Å². The Bertz CT molecular complexity index is 379. The van der Waals surface area contributed by atoms with E-state index in [9.17, 15) is 0 Å². The van der Waals surface area contributed by atoms with Gasteiger partial charge in [0.25, 0.3) is 0 Å². The van der Waals surface area contributed by atoms with Gasteiger partial charge < -0.3 is 10.1 Å². The van der Waals surface area contributed by atoms with Crippen molar-refractivity contribution in [3.63, 3.8) is 0 Å². The van der Waals surface area contributed by atoms with Crippen LogP contribution in [0.3, 0.4) is 0 Å². The predicted molar refractivity (Wildman–Crippen MR) is 76.0 cm³/mol. The van der Waals surface area contributed by atoms with E-state index >= 15 is 0 Å². The van der Waals surface area contributed by atoms with E-state index in [1.54, 1.807) is 7.11 Å². The van der Waals surface area contributed by atoms with Gasteiger partial charge in [-0.15, -0.1) is 0 Å². The van der Waals surface area contributed by atoms with Crippen LogP contribution < -0.4 is 10.1 Å². The lowest BCUT2D eigenvalue weighted by Gasteiger charge is -2.42. The monoisotopic (exact) mass is 247 g/mol. The fourth-order valence-electron chi connectivity index (χ4n) is 2.73. The normalized spacial score (nSPS) is 19.1. The molecule has 1 aromatic rings. The summed E-state index contributed by atoms with van der Waals surface area (Å²) in [5, 5.41) is 3.69. The summed E-state index contributed by atoms with van der Waals surface area (Å²) in [5.74, 6) is 0.940. The van der Waals surface area contributed by atoms with Gasteiger partial charge in [0.05, 0.1) is 7.11 Å². The van der Waals surface area contributed by atoms with Crippen molar-refractivity contribution in [1.82, 2.24) is 5.32 Å². The molecule has 1 unspecified atom stereocenters. The fraction of sp³-hybridized carbons (Fsp3) is 0.625. The minimum atomic E-state index is 0.393. The molecule has 0 aromatic heterocycles. The molecule has 100 valence electrons. The second kappa shape index (κ2) is 5.75. The first-order valence-corrected chi connectivity index (χ1v) is 7.06. The topological polar surface area (TPSA) is 21.3 Å². The Labute approximate surface area is 111 Å². The van der Waals surface area contributed by atoms with E-state index in [2.05, 4.69) is 37.4 Å². The van der Waals surface area contributed by atoms with Crippen LogP contribution in [0.4, 0.5) is 0 Å². The lowest BCUT2D eigenvalue weighted by atomic mass is 9.67. The zero-order valence-electron chi connectivity index (χ0n) is 11.8. The Morgan fingerprint density at radius 2 is 2.17 bits per heavy atom. The molecule has 18 heavy (non-hydrogen) atoms. The van der Waals surface area contributed by atoms with E-state index < -0.39 is 0 Å². The highest BCUT2D eigenvalue weighted by Gasteiger charge is 2.34. The Morgan fingerprint density at radius 1 is 1.39 bits per heavy atom. The van der Waals surface area contributed by atoms with Gasteiger partial charge in [-0.2, -0.15) is 0 Å². The summed E-state index contributed by atoms with van der Waals surface area (Å²) >= 11 is 0. The van der Waals surface area contributed by atoms with Crippen molar-refractivity contribution in [2.45, 2.75) is 45.6 Å². The molecule has 1 saturated carbocycles. The number of methoxy groups -OCH3 is 1. The smallest absolute Gasteiger partial charge is 0.119 e. The zero-order valence-corrected chi connectivity index (χ0v) is 11.8. The Hall–Kier alpha value is -1.02. The zero-order chi connectivity index (χ0) is 13.0. The number of hydrogen-bond donors (Lipinski definition) is 1. The summed E-state index contributed by atoms with van der Waals surface area (Å²) in [6, 6.07) is 8.74. The quantitative estimate of drug-likeness (QED) is 0.822. The number of hydrogen-bond acceptors (Lipinski definition) is 2. The van der Waals surface area contributed by atoms with Crippen LogP contribution in [-0.2, 0) is 0 Å². The van der Waals surface area contributed by atoms with Gasteiger partial charge in [0, 0.05) is 12.6 Å². The van der Waals surface area contributed by atoms with E-state index in [4.69, 9.17) is 4.74 Å². The van der Waals surface area contributed by atoms with Crippen molar-refractivity contribution < 1.29 is 4.74 Å². The van der Waals surface area contributed by atoms with Crippen LogP contribution in [0.15, 0.2) is 24.3 Å². The summed E-state index contributed by atoms with van der Waals surface area (Å²) in [5.41, 5.74) is 1.88. The van der Waals surface area contributed by atoms with E-state index in [0.717, 1.165) is 12.3 Å². The van der Waals surface area contributed by atoms with Crippen LogP contribution in [0.5, 0.6) is 5.75 Å². The Balaban J connectivity index is 1.92. The summed E-state index contributed by atoms with van der Waals surface area (Å²) in [6.07, 6.45) is 5.48. The summed E-state index contributed by atoms with van der Waals surface area (Å²) in [6.45, 7) is 5.69. The largest absolute Gasteiger partial charge is 0.497 e. The number of nitrogens with one attached hydrogen (secondary N) is 1. The number of ether oxygens (including phenoxy) is 1. The van der Waals surface area contributed by atoms with Crippen LogP contribution in [-0.4, -0.2) is 13.7 Å². The lowest BCUT2D eigenvalue weighted by Crippen LogP contribution is -2.40. The van der Waals surface area contributed by atoms with Crippen molar-refractivity contribution in [3.05, 3.63) is 29.8 Å². The van der Waals surface area contributed by atoms with Crippen LogP contribution in [0.1, 0.15) is 51.1 Å². The maximum absolute atomic E-state index is 5.28. The van der Waals surface area contributed by atoms with Crippen LogP contribution in [0, 0.1) is 5.41 Å². The van der Waals surface area contributed by atoms with E-state index in [1.165, 1.54) is 31.2 Å².